The molecule has 2 aromatic rings. The van der Waals surface area contributed by atoms with Crippen LogP contribution in [0.1, 0.15) is 15.2 Å². The molecular formula is C13H14N2O2S. The van der Waals surface area contributed by atoms with Crippen molar-refractivity contribution in [3.05, 3.63) is 46.2 Å². The van der Waals surface area contributed by atoms with E-state index in [0.29, 0.717) is 12.1 Å². The van der Waals surface area contributed by atoms with Crippen LogP contribution in [-0.4, -0.2) is 13.1 Å². The molecule has 0 unspecified atom stereocenters. The molecule has 0 atom stereocenters. The lowest BCUT2D eigenvalue weighted by molar-refractivity contribution is 0.0602. The van der Waals surface area contributed by atoms with Gasteiger partial charge in [-0.25, -0.2) is 4.79 Å². The number of carbonyl (C=O) groups excluding carboxylic acids is 1. The number of nitrogens with one attached hydrogen (secondary N) is 1. The van der Waals surface area contributed by atoms with Crippen molar-refractivity contribution >= 4 is 28.7 Å². The van der Waals surface area contributed by atoms with Gasteiger partial charge < -0.3 is 15.8 Å². The van der Waals surface area contributed by atoms with Gasteiger partial charge in [0.1, 0.15) is 0 Å². The molecule has 18 heavy (non-hydrogen) atoms. The SMILES string of the molecule is COC(=O)c1ccccc1NCc1sccc1N. The summed E-state index contributed by atoms with van der Waals surface area (Å²) in [6, 6.07) is 9.11. The molecule has 1 aromatic carbocycles. The average Bonchev–Trinajstić information content (AvgIpc) is 2.81. The van der Waals surface area contributed by atoms with E-state index in [1.165, 1.54) is 7.11 Å². The van der Waals surface area contributed by atoms with Gasteiger partial charge in [-0.2, -0.15) is 0 Å². The minimum absolute atomic E-state index is 0.350. The molecule has 0 saturated carbocycles. The Bertz CT molecular complexity index is 551. The molecule has 94 valence electrons. The number of anilines is 2. The molecule has 0 radical (unpaired) electrons. The minimum atomic E-state index is -0.350. The number of nitrogens with two attached hydrogens (primary N) is 1. The molecule has 5 heteroatoms. The zero-order valence-electron chi connectivity index (χ0n) is 9.97. The summed E-state index contributed by atoms with van der Waals surface area (Å²) < 4.78 is 4.74. The lowest BCUT2D eigenvalue weighted by Crippen LogP contribution is -2.08. The molecule has 4 nitrogen and oxygen atoms in total. The highest BCUT2D eigenvalue weighted by molar-refractivity contribution is 7.10. The van der Waals surface area contributed by atoms with Crippen molar-refractivity contribution in [2.75, 3.05) is 18.2 Å². The van der Waals surface area contributed by atoms with E-state index in [-0.39, 0.29) is 5.97 Å². The number of hydrogen-bond donors (Lipinski definition) is 2. The van der Waals surface area contributed by atoms with Gasteiger partial charge in [0.2, 0.25) is 0 Å². The highest BCUT2D eigenvalue weighted by Crippen LogP contribution is 2.22. The summed E-state index contributed by atoms with van der Waals surface area (Å²) in [6.45, 7) is 0.595. The standard InChI is InChI=1S/C13H14N2O2S/c1-17-13(16)9-4-2-3-5-11(9)15-8-12-10(14)6-7-18-12/h2-7,15H,8,14H2,1H3. The van der Waals surface area contributed by atoms with Crippen LogP contribution in [0.2, 0.25) is 0 Å². The van der Waals surface area contributed by atoms with Crippen molar-refractivity contribution in [1.82, 2.24) is 0 Å². The maximum atomic E-state index is 11.6. The molecule has 0 amide bonds. The van der Waals surface area contributed by atoms with E-state index >= 15 is 0 Å². The van der Waals surface area contributed by atoms with Gasteiger partial charge in [-0.3, -0.25) is 0 Å². The van der Waals surface area contributed by atoms with E-state index in [1.54, 1.807) is 23.5 Å². The predicted octanol–water partition coefficient (Wildman–Crippen LogP) is 2.73. The lowest BCUT2D eigenvalue weighted by Gasteiger charge is -2.10. The molecule has 1 aromatic heterocycles. The zero-order valence-corrected chi connectivity index (χ0v) is 10.8. The van der Waals surface area contributed by atoms with Crippen LogP contribution >= 0.6 is 11.3 Å². The van der Waals surface area contributed by atoms with Crippen LogP contribution in [0.25, 0.3) is 0 Å². The largest absolute Gasteiger partial charge is 0.465 e. The van der Waals surface area contributed by atoms with Crippen LogP contribution in [0.3, 0.4) is 0 Å². The van der Waals surface area contributed by atoms with Crippen molar-refractivity contribution in [2.45, 2.75) is 6.54 Å². The van der Waals surface area contributed by atoms with Crippen molar-refractivity contribution in [1.29, 1.82) is 0 Å². The summed E-state index contributed by atoms with van der Waals surface area (Å²) >= 11 is 1.59. The molecular weight excluding hydrogens is 248 g/mol. The van der Waals surface area contributed by atoms with E-state index in [0.717, 1.165) is 16.3 Å². The molecule has 0 spiro atoms. The lowest BCUT2D eigenvalue weighted by atomic mass is 10.2. The minimum Gasteiger partial charge on any atom is -0.465 e. The number of para-hydroxylation sites is 1. The highest BCUT2D eigenvalue weighted by atomic mass is 32.1. The summed E-state index contributed by atoms with van der Waals surface area (Å²) in [6.07, 6.45) is 0. The molecule has 0 aliphatic carbocycles. The van der Waals surface area contributed by atoms with E-state index in [1.807, 2.05) is 23.6 Å². The molecule has 2 rings (SSSR count). The molecule has 0 bridgehead atoms. The maximum absolute atomic E-state index is 11.6. The van der Waals surface area contributed by atoms with E-state index in [4.69, 9.17) is 10.5 Å². The first-order valence-corrected chi connectivity index (χ1v) is 6.33. The van der Waals surface area contributed by atoms with Crippen LogP contribution in [0.15, 0.2) is 35.7 Å². The van der Waals surface area contributed by atoms with Gasteiger partial charge in [0.05, 0.1) is 19.2 Å². The number of carbonyl (C=O) groups is 1. The molecule has 0 fully saturated rings. The summed E-state index contributed by atoms with van der Waals surface area (Å²) in [5.41, 5.74) is 7.84. The van der Waals surface area contributed by atoms with Gasteiger partial charge >= 0.3 is 5.97 Å². The van der Waals surface area contributed by atoms with Crippen LogP contribution in [0, 0.1) is 0 Å². The summed E-state index contributed by atoms with van der Waals surface area (Å²) in [4.78, 5) is 12.6. The Morgan fingerprint density at radius 2 is 2.17 bits per heavy atom. The predicted molar refractivity (Wildman–Crippen MR) is 73.8 cm³/mol. The number of esters is 1. The first-order valence-electron chi connectivity index (χ1n) is 5.45. The maximum Gasteiger partial charge on any atom is 0.339 e. The summed E-state index contributed by atoms with van der Waals surface area (Å²) in [5, 5.41) is 5.14. The molecule has 0 aliphatic heterocycles. The Balaban J connectivity index is 2.14. The van der Waals surface area contributed by atoms with Gasteiger partial charge in [-0.1, -0.05) is 12.1 Å². The van der Waals surface area contributed by atoms with Crippen LogP contribution in [-0.2, 0) is 11.3 Å². The van der Waals surface area contributed by atoms with Gasteiger partial charge in [-0.15, -0.1) is 11.3 Å². The van der Waals surface area contributed by atoms with Gasteiger partial charge in [0, 0.05) is 16.3 Å². The van der Waals surface area contributed by atoms with Crippen molar-refractivity contribution in [3.8, 4) is 0 Å². The third kappa shape index (κ3) is 2.62. The van der Waals surface area contributed by atoms with Crippen molar-refractivity contribution < 1.29 is 9.53 Å². The Morgan fingerprint density at radius 3 is 2.83 bits per heavy atom. The monoisotopic (exact) mass is 262 g/mol. The van der Waals surface area contributed by atoms with Crippen LogP contribution < -0.4 is 11.1 Å². The van der Waals surface area contributed by atoms with Crippen molar-refractivity contribution in [3.63, 3.8) is 0 Å². The normalized spacial score (nSPS) is 10.1. The number of nitrogen functional groups attached to an aromatic ring is 1. The summed E-state index contributed by atoms with van der Waals surface area (Å²) in [7, 11) is 1.37. The number of rotatable bonds is 4. The third-order valence-corrected chi connectivity index (χ3v) is 3.49. The number of ether oxygens (including phenoxy) is 1. The van der Waals surface area contributed by atoms with Gasteiger partial charge in [0.15, 0.2) is 0 Å². The van der Waals surface area contributed by atoms with E-state index < -0.39 is 0 Å². The molecule has 3 N–H and O–H groups in total. The molecule has 0 aliphatic rings. The second kappa shape index (κ2) is 5.55. The number of benzene rings is 1. The fourth-order valence-corrected chi connectivity index (χ4v) is 2.33. The second-order valence-electron chi connectivity index (χ2n) is 3.69. The van der Waals surface area contributed by atoms with Gasteiger partial charge in [-0.05, 0) is 23.6 Å². The third-order valence-electron chi connectivity index (χ3n) is 2.55. The fraction of sp³-hybridized carbons (Fsp3) is 0.154. The van der Waals surface area contributed by atoms with E-state index in [2.05, 4.69) is 5.32 Å². The Morgan fingerprint density at radius 1 is 1.39 bits per heavy atom. The zero-order chi connectivity index (χ0) is 13.0. The van der Waals surface area contributed by atoms with Gasteiger partial charge in [0.25, 0.3) is 0 Å². The Kier molecular flexibility index (Phi) is 3.84. The first-order chi connectivity index (χ1) is 8.72. The smallest absolute Gasteiger partial charge is 0.339 e. The average molecular weight is 262 g/mol. The van der Waals surface area contributed by atoms with E-state index in [9.17, 15) is 4.79 Å². The number of methoxy groups -OCH3 is 1. The van der Waals surface area contributed by atoms with Crippen molar-refractivity contribution in [2.24, 2.45) is 0 Å². The van der Waals surface area contributed by atoms with Crippen LogP contribution in [0.4, 0.5) is 11.4 Å². The number of hydrogen-bond acceptors (Lipinski definition) is 5. The Hall–Kier alpha value is -2.01. The first kappa shape index (κ1) is 12.4. The van der Waals surface area contributed by atoms with Crippen LogP contribution in [0.5, 0.6) is 0 Å². The second-order valence-corrected chi connectivity index (χ2v) is 4.69. The highest BCUT2D eigenvalue weighted by Gasteiger charge is 2.11. The Labute approximate surface area is 109 Å². The number of thiophene rings is 1. The summed E-state index contributed by atoms with van der Waals surface area (Å²) in [5.74, 6) is -0.350. The topological polar surface area (TPSA) is 64.3 Å². The quantitative estimate of drug-likeness (QED) is 0.832. The molecule has 0 saturated heterocycles. The molecule has 1 heterocycles. The fourth-order valence-electron chi connectivity index (χ4n) is 1.59.